The van der Waals surface area contributed by atoms with Crippen molar-refractivity contribution in [1.82, 2.24) is 30.9 Å². The average molecular weight is 455 g/mol. The molecule has 1 unspecified atom stereocenters. The zero-order valence-electron chi connectivity index (χ0n) is 16.8. The predicted molar refractivity (Wildman–Crippen MR) is 116 cm³/mol. The van der Waals surface area contributed by atoms with Crippen molar-refractivity contribution >= 4 is 40.3 Å². The van der Waals surface area contributed by atoms with E-state index < -0.39 is 17.5 Å². The lowest BCUT2D eigenvalue weighted by atomic mass is 10.1. The molecule has 0 bridgehead atoms. The number of urea groups is 1. The highest BCUT2D eigenvalue weighted by Gasteiger charge is 2.30. The van der Waals surface area contributed by atoms with Crippen LogP contribution in [0.2, 0.25) is 5.02 Å². The molecule has 3 aromatic rings. The molecule has 0 spiro atoms. The summed E-state index contributed by atoms with van der Waals surface area (Å²) in [7, 11) is 0. The molecule has 1 aliphatic heterocycles. The van der Waals surface area contributed by atoms with Crippen LogP contribution in [0.15, 0.2) is 47.3 Å². The van der Waals surface area contributed by atoms with E-state index in [0.29, 0.717) is 22.5 Å². The van der Waals surface area contributed by atoms with Crippen molar-refractivity contribution in [2.45, 2.75) is 32.0 Å². The lowest BCUT2D eigenvalue weighted by molar-refractivity contribution is -0.136. The lowest BCUT2D eigenvalue weighted by Crippen LogP contribution is -2.45. The van der Waals surface area contributed by atoms with Gasteiger partial charge in [-0.2, -0.15) is 4.68 Å². The van der Waals surface area contributed by atoms with Gasteiger partial charge in [0, 0.05) is 24.5 Å². The summed E-state index contributed by atoms with van der Waals surface area (Å²) in [5, 5.41) is 16.5. The minimum atomic E-state index is -0.872. The van der Waals surface area contributed by atoms with E-state index in [1.165, 1.54) is 0 Å². The normalized spacial score (nSPS) is 16.0. The maximum Gasteiger partial charge on any atom is 0.315 e. The van der Waals surface area contributed by atoms with Crippen LogP contribution >= 0.6 is 11.6 Å². The number of nitrogens with zero attached hydrogens (tertiary/aromatic N) is 3. The van der Waals surface area contributed by atoms with Gasteiger partial charge in [-0.3, -0.25) is 19.7 Å². The molecule has 0 radical (unpaired) electrons. The fraction of sp³-hybridized carbons (Fsp3) is 0.238. The van der Waals surface area contributed by atoms with Crippen LogP contribution in [0.25, 0.3) is 10.9 Å². The Labute approximate surface area is 186 Å². The molecule has 1 fully saturated rings. The number of carbonyl (C=O) groups is 3. The summed E-state index contributed by atoms with van der Waals surface area (Å²) in [6, 6.07) is 10.9. The van der Waals surface area contributed by atoms with Crippen molar-refractivity contribution in [3.05, 3.63) is 69.0 Å². The Bertz CT molecular complexity index is 1260. The van der Waals surface area contributed by atoms with Crippen molar-refractivity contribution in [3.63, 3.8) is 0 Å². The number of hydrogen-bond acceptors (Lipinski definition) is 6. The Morgan fingerprint density at radius 1 is 1.06 bits per heavy atom. The highest BCUT2D eigenvalue weighted by Crippen LogP contribution is 2.17. The Hall–Kier alpha value is -3.79. The van der Waals surface area contributed by atoms with E-state index in [-0.39, 0.29) is 31.3 Å². The third kappa shape index (κ3) is 4.75. The van der Waals surface area contributed by atoms with Crippen molar-refractivity contribution in [2.75, 3.05) is 0 Å². The van der Waals surface area contributed by atoms with E-state index in [1.54, 1.807) is 30.3 Å². The number of fused-ring (bicyclic) bond motifs is 1. The summed E-state index contributed by atoms with van der Waals surface area (Å²) < 4.78 is 1.01. The molecular weight excluding hydrogens is 436 g/mol. The highest BCUT2D eigenvalue weighted by molar-refractivity contribution is 6.30. The van der Waals surface area contributed by atoms with Crippen molar-refractivity contribution in [1.29, 1.82) is 0 Å². The highest BCUT2D eigenvalue weighted by atomic mass is 35.5. The number of imide groups is 1. The molecular formula is C21H19ClN6O4. The van der Waals surface area contributed by atoms with E-state index in [0.717, 1.165) is 15.8 Å². The fourth-order valence-electron chi connectivity index (χ4n) is 3.36. The van der Waals surface area contributed by atoms with E-state index in [4.69, 9.17) is 11.6 Å². The molecule has 1 saturated heterocycles. The van der Waals surface area contributed by atoms with Gasteiger partial charge >= 0.3 is 6.03 Å². The third-order valence-electron chi connectivity index (χ3n) is 5.07. The minimum absolute atomic E-state index is 0.132. The topological polar surface area (TPSA) is 135 Å². The minimum Gasteiger partial charge on any atom is -0.334 e. The number of halogens is 1. The van der Waals surface area contributed by atoms with Gasteiger partial charge in [0.25, 0.3) is 11.5 Å². The van der Waals surface area contributed by atoms with Crippen LogP contribution in [0.5, 0.6) is 0 Å². The van der Waals surface area contributed by atoms with Crippen LogP contribution in [-0.4, -0.2) is 32.8 Å². The fourth-order valence-corrected chi connectivity index (χ4v) is 3.49. The number of amides is 4. The summed E-state index contributed by atoms with van der Waals surface area (Å²) in [5.41, 5.74) is 1.52. The first-order valence-corrected chi connectivity index (χ1v) is 10.3. The second kappa shape index (κ2) is 9.15. The zero-order chi connectivity index (χ0) is 22.7. The van der Waals surface area contributed by atoms with E-state index in [2.05, 4.69) is 26.3 Å². The molecule has 0 saturated carbocycles. The van der Waals surface area contributed by atoms with Gasteiger partial charge in [-0.1, -0.05) is 35.0 Å². The number of hydrogen-bond donors (Lipinski definition) is 3. The molecule has 32 heavy (non-hydrogen) atoms. The monoisotopic (exact) mass is 454 g/mol. The molecule has 164 valence electrons. The molecule has 2 heterocycles. The van der Waals surface area contributed by atoms with Gasteiger partial charge in [-0.05, 0) is 41.8 Å². The van der Waals surface area contributed by atoms with Crippen LogP contribution < -0.4 is 21.5 Å². The van der Waals surface area contributed by atoms with Crippen molar-refractivity contribution in [2.24, 2.45) is 0 Å². The number of aromatic nitrogens is 3. The number of benzene rings is 2. The van der Waals surface area contributed by atoms with Crippen LogP contribution in [0, 0.1) is 0 Å². The number of piperidine rings is 1. The molecule has 0 aliphatic carbocycles. The molecule has 2 aromatic carbocycles. The molecule has 4 rings (SSSR count). The maximum absolute atomic E-state index is 12.8. The van der Waals surface area contributed by atoms with E-state index in [9.17, 15) is 19.2 Å². The van der Waals surface area contributed by atoms with Gasteiger partial charge in [0.2, 0.25) is 5.91 Å². The first-order valence-electron chi connectivity index (χ1n) is 9.88. The molecule has 4 amide bonds. The van der Waals surface area contributed by atoms with Gasteiger partial charge < -0.3 is 10.6 Å². The van der Waals surface area contributed by atoms with E-state index >= 15 is 0 Å². The summed E-state index contributed by atoms with van der Waals surface area (Å²) in [6.07, 6.45) is 0.325. The van der Waals surface area contributed by atoms with Gasteiger partial charge in [-0.15, -0.1) is 5.10 Å². The van der Waals surface area contributed by atoms with E-state index in [1.807, 2.05) is 12.1 Å². The Kier molecular flexibility index (Phi) is 6.13. The SMILES string of the molecule is O=C1CCC(n2nnc3cc(CNC(=O)NCc4ccc(Cl)cc4)ccc3c2=O)C(=O)N1. The van der Waals surface area contributed by atoms with Crippen LogP contribution in [0.3, 0.4) is 0 Å². The zero-order valence-corrected chi connectivity index (χ0v) is 17.6. The van der Waals surface area contributed by atoms with Crippen molar-refractivity contribution < 1.29 is 14.4 Å². The third-order valence-corrected chi connectivity index (χ3v) is 5.33. The predicted octanol–water partition coefficient (Wildman–Crippen LogP) is 1.42. The first kappa shape index (κ1) is 21.4. The van der Waals surface area contributed by atoms with Gasteiger partial charge in [0.05, 0.1) is 5.39 Å². The lowest BCUT2D eigenvalue weighted by Gasteiger charge is -2.21. The molecule has 10 nitrogen and oxygen atoms in total. The average Bonchev–Trinajstić information content (AvgIpc) is 2.78. The number of carbonyl (C=O) groups excluding carboxylic acids is 3. The second-order valence-corrected chi connectivity index (χ2v) is 7.76. The van der Waals surface area contributed by atoms with Crippen LogP contribution in [-0.2, 0) is 22.7 Å². The summed E-state index contributed by atoms with van der Waals surface area (Å²) in [5.74, 6) is -0.940. The quantitative estimate of drug-likeness (QED) is 0.499. The largest absolute Gasteiger partial charge is 0.334 e. The number of nitrogens with one attached hydrogen (secondary N) is 3. The summed E-state index contributed by atoms with van der Waals surface area (Å²) >= 11 is 5.84. The number of rotatable bonds is 5. The Morgan fingerprint density at radius 3 is 2.47 bits per heavy atom. The van der Waals surface area contributed by atoms with Gasteiger partial charge in [-0.25, -0.2) is 4.79 Å². The molecule has 11 heteroatoms. The summed E-state index contributed by atoms with van der Waals surface area (Å²) in [6.45, 7) is 0.576. The summed E-state index contributed by atoms with van der Waals surface area (Å²) in [4.78, 5) is 48.2. The Morgan fingerprint density at radius 2 is 1.75 bits per heavy atom. The Balaban J connectivity index is 1.41. The second-order valence-electron chi connectivity index (χ2n) is 7.32. The smallest absolute Gasteiger partial charge is 0.315 e. The molecule has 1 aromatic heterocycles. The van der Waals surface area contributed by atoms with Crippen molar-refractivity contribution in [3.8, 4) is 0 Å². The van der Waals surface area contributed by atoms with Crippen LogP contribution in [0.1, 0.15) is 30.0 Å². The molecule has 1 aliphatic rings. The van der Waals surface area contributed by atoms with Gasteiger partial charge in [0.15, 0.2) is 0 Å². The molecule has 3 N–H and O–H groups in total. The van der Waals surface area contributed by atoms with Gasteiger partial charge in [0.1, 0.15) is 11.6 Å². The molecule has 1 atom stereocenters. The maximum atomic E-state index is 12.8. The first-order chi connectivity index (χ1) is 15.4. The van der Waals surface area contributed by atoms with Crippen LogP contribution in [0.4, 0.5) is 4.79 Å². The standard InChI is InChI=1S/C21H19ClN6O4/c22-14-4-1-12(2-5-14)10-23-21(32)24-11-13-3-6-15-16(9-13)26-27-28(20(15)31)17-7-8-18(29)25-19(17)30/h1-6,9,17H,7-8,10-11H2,(H2,23,24,32)(H,25,29,30).